The first kappa shape index (κ1) is 20.6. The molecule has 2 rings (SSSR count). The van der Waals surface area contributed by atoms with Crippen LogP contribution < -0.4 is 15.8 Å². The molecule has 146 valence electrons. The predicted molar refractivity (Wildman–Crippen MR) is 99.3 cm³/mol. The van der Waals surface area contributed by atoms with Crippen molar-refractivity contribution < 1.29 is 17.9 Å². The fourth-order valence-electron chi connectivity index (χ4n) is 2.50. The minimum atomic E-state index is -4.70. The van der Waals surface area contributed by atoms with Crippen molar-refractivity contribution in [1.29, 1.82) is 0 Å². The number of nitrogens with one attached hydrogen (secondary N) is 1. The zero-order valence-electron chi connectivity index (χ0n) is 15.2. The molecule has 0 aliphatic carbocycles. The van der Waals surface area contributed by atoms with E-state index in [1.807, 2.05) is 44.4 Å². The molecule has 0 amide bonds. The number of nitrogens with zero attached hydrogens (tertiary/aromatic N) is 2. The zero-order valence-corrected chi connectivity index (χ0v) is 15.2. The Labute approximate surface area is 156 Å². The van der Waals surface area contributed by atoms with Crippen molar-refractivity contribution in [2.75, 3.05) is 20.6 Å². The van der Waals surface area contributed by atoms with E-state index in [2.05, 4.69) is 19.9 Å². The number of likely N-dealkylation sites (N-methyl/N-ethyl adjacent to an activating group) is 1. The maximum absolute atomic E-state index is 12.2. The van der Waals surface area contributed by atoms with Crippen molar-refractivity contribution in [2.24, 2.45) is 10.7 Å². The molecular formula is C19H23F3N4O. The van der Waals surface area contributed by atoms with Crippen LogP contribution >= 0.6 is 0 Å². The van der Waals surface area contributed by atoms with E-state index < -0.39 is 6.36 Å². The molecule has 0 spiro atoms. The number of rotatable bonds is 7. The monoisotopic (exact) mass is 380 g/mol. The van der Waals surface area contributed by atoms with Gasteiger partial charge in [0.2, 0.25) is 0 Å². The van der Waals surface area contributed by atoms with Crippen LogP contribution in [0.1, 0.15) is 17.2 Å². The first-order valence-corrected chi connectivity index (χ1v) is 8.34. The second kappa shape index (κ2) is 9.27. The SMILES string of the molecule is CN(C)C(CNC(N)=NCc1ccc(OC(F)(F)F)cc1)c1ccccc1. The Morgan fingerprint density at radius 3 is 2.30 bits per heavy atom. The summed E-state index contributed by atoms with van der Waals surface area (Å²) in [5, 5.41) is 3.09. The summed E-state index contributed by atoms with van der Waals surface area (Å²) in [5.41, 5.74) is 7.79. The van der Waals surface area contributed by atoms with Gasteiger partial charge in [-0.1, -0.05) is 42.5 Å². The van der Waals surface area contributed by atoms with Gasteiger partial charge in [0.1, 0.15) is 5.75 Å². The zero-order chi connectivity index (χ0) is 19.9. The lowest BCUT2D eigenvalue weighted by Gasteiger charge is -2.25. The highest BCUT2D eigenvalue weighted by molar-refractivity contribution is 5.77. The van der Waals surface area contributed by atoms with E-state index >= 15 is 0 Å². The Balaban J connectivity index is 1.90. The van der Waals surface area contributed by atoms with E-state index in [0.717, 1.165) is 11.1 Å². The van der Waals surface area contributed by atoms with E-state index in [-0.39, 0.29) is 24.3 Å². The Bertz CT molecular complexity index is 731. The molecule has 0 heterocycles. The number of benzene rings is 2. The highest BCUT2D eigenvalue weighted by atomic mass is 19.4. The molecule has 2 aromatic carbocycles. The normalized spacial score (nSPS) is 13.5. The number of nitrogens with two attached hydrogens (primary N) is 1. The van der Waals surface area contributed by atoms with E-state index in [4.69, 9.17) is 5.73 Å². The summed E-state index contributed by atoms with van der Waals surface area (Å²) < 4.78 is 40.3. The Hall–Kier alpha value is -2.74. The second-order valence-electron chi connectivity index (χ2n) is 6.16. The summed E-state index contributed by atoms with van der Waals surface area (Å²) in [6.07, 6.45) is -4.70. The molecule has 3 N–H and O–H groups in total. The quantitative estimate of drug-likeness (QED) is 0.572. The average Bonchev–Trinajstić information content (AvgIpc) is 2.60. The third-order valence-corrected chi connectivity index (χ3v) is 3.87. The maximum Gasteiger partial charge on any atom is 0.573 e. The van der Waals surface area contributed by atoms with Crippen molar-refractivity contribution in [3.63, 3.8) is 0 Å². The summed E-state index contributed by atoms with van der Waals surface area (Å²) in [6, 6.07) is 15.7. The van der Waals surface area contributed by atoms with Crippen LogP contribution in [0.25, 0.3) is 0 Å². The van der Waals surface area contributed by atoms with Crippen LogP contribution in [0.5, 0.6) is 5.75 Å². The summed E-state index contributed by atoms with van der Waals surface area (Å²) in [7, 11) is 3.97. The summed E-state index contributed by atoms with van der Waals surface area (Å²) >= 11 is 0. The molecule has 5 nitrogen and oxygen atoms in total. The van der Waals surface area contributed by atoms with E-state index in [1.54, 1.807) is 0 Å². The second-order valence-corrected chi connectivity index (χ2v) is 6.16. The lowest BCUT2D eigenvalue weighted by molar-refractivity contribution is -0.274. The minimum Gasteiger partial charge on any atom is -0.406 e. The van der Waals surface area contributed by atoms with Crippen LogP contribution in [0.4, 0.5) is 13.2 Å². The molecule has 0 aliphatic heterocycles. The molecule has 2 aromatic rings. The highest BCUT2D eigenvalue weighted by Gasteiger charge is 2.30. The summed E-state index contributed by atoms with van der Waals surface area (Å²) in [4.78, 5) is 6.30. The molecule has 0 saturated heterocycles. The Kier molecular flexibility index (Phi) is 7.06. The molecular weight excluding hydrogens is 357 g/mol. The molecule has 0 aliphatic rings. The minimum absolute atomic E-state index is 0.124. The van der Waals surface area contributed by atoms with Crippen LogP contribution in [0.2, 0.25) is 0 Å². The third kappa shape index (κ3) is 7.18. The molecule has 27 heavy (non-hydrogen) atoms. The smallest absolute Gasteiger partial charge is 0.406 e. The number of guanidine groups is 1. The molecule has 1 atom stereocenters. The Morgan fingerprint density at radius 1 is 1.11 bits per heavy atom. The molecule has 0 fully saturated rings. The van der Waals surface area contributed by atoms with Crippen LogP contribution in [0, 0.1) is 0 Å². The van der Waals surface area contributed by atoms with Crippen LogP contribution in [0.3, 0.4) is 0 Å². The van der Waals surface area contributed by atoms with Crippen molar-refractivity contribution in [2.45, 2.75) is 18.9 Å². The maximum atomic E-state index is 12.2. The molecule has 0 saturated carbocycles. The fraction of sp³-hybridized carbons (Fsp3) is 0.316. The van der Waals surface area contributed by atoms with Crippen molar-refractivity contribution in [1.82, 2.24) is 10.2 Å². The summed E-state index contributed by atoms with van der Waals surface area (Å²) in [5.74, 6) is 0.00594. The van der Waals surface area contributed by atoms with Gasteiger partial charge in [-0.15, -0.1) is 13.2 Å². The first-order valence-electron chi connectivity index (χ1n) is 8.34. The molecule has 0 radical (unpaired) electrons. The van der Waals surface area contributed by atoms with Gasteiger partial charge in [-0.2, -0.15) is 0 Å². The van der Waals surface area contributed by atoms with Gasteiger partial charge in [0.25, 0.3) is 0 Å². The molecule has 0 bridgehead atoms. The molecule has 8 heteroatoms. The largest absolute Gasteiger partial charge is 0.573 e. The average molecular weight is 380 g/mol. The lowest BCUT2D eigenvalue weighted by Crippen LogP contribution is -2.38. The van der Waals surface area contributed by atoms with Gasteiger partial charge in [0, 0.05) is 6.54 Å². The fourth-order valence-corrected chi connectivity index (χ4v) is 2.50. The number of halogens is 3. The first-order chi connectivity index (χ1) is 12.7. The number of hydrogen-bond donors (Lipinski definition) is 2. The van der Waals surface area contributed by atoms with Gasteiger partial charge in [-0.25, -0.2) is 4.99 Å². The highest BCUT2D eigenvalue weighted by Crippen LogP contribution is 2.23. The van der Waals surface area contributed by atoms with E-state index in [0.29, 0.717) is 6.54 Å². The molecule has 0 aromatic heterocycles. The Morgan fingerprint density at radius 2 is 1.74 bits per heavy atom. The number of aliphatic imine (C=N–C) groups is 1. The topological polar surface area (TPSA) is 62.9 Å². The van der Waals surface area contributed by atoms with Crippen molar-refractivity contribution in [3.8, 4) is 5.75 Å². The standard InChI is InChI=1S/C19H23F3N4O/c1-26(2)17(15-6-4-3-5-7-15)13-25-18(23)24-12-14-8-10-16(11-9-14)27-19(20,21)22/h3-11,17H,12-13H2,1-2H3,(H3,23,24,25). The van der Waals surface area contributed by atoms with Gasteiger partial charge in [0.05, 0.1) is 12.6 Å². The predicted octanol–water partition coefficient (Wildman–Crippen LogP) is 3.29. The van der Waals surface area contributed by atoms with Gasteiger partial charge in [-0.3, -0.25) is 0 Å². The number of hydrogen-bond acceptors (Lipinski definition) is 3. The van der Waals surface area contributed by atoms with Crippen LogP contribution in [0.15, 0.2) is 59.6 Å². The van der Waals surface area contributed by atoms with Gasteiger partial charge < -0.3 is 20.7 Å². The van der Waals surface area contributed by atoms with Gasteiger partial charge >= 0.3 is 6.36 Å². The number of ether oxygens (including phenoxy) is 1. The van der Waals surface area contributed by atoms with E-state index in [1.165, 1.54) is 24.3 Å². The molecule has 1 unspecified atom stereocenters. The van der Waals surface area contributed by atoms with Crippen molar-refractivity contribution >= 4 is 5.96 Å². The summed E-state index contributed by atoms with van der Waals surface area (Å²) in [6.45, 7) is 0.827. The number of alkyl halides is 3. The lowest BCUT2D eigenvalue weighted by atomic mass is 10.1. The van der Waals surface area contributed by atoms with E-state index in [9.17, 15) is 13.2 Å². The van der Waals surface area contributed by atoms with Crippen molar-refractivity contribution in [3.05, 3.63) is 65.7 Å². The van der Waals surface area contributed by atoms with Gasteiger partial charge in [-0.05, 0) is 37.4 Å². The van der Waals surface area contributed by atoms with Crippen LogP contribution in [-0.2, 0) is 6.54 Å². The van der Waals surface area contributed by atoms with Gasteiger partial charge in [0.15, 0.2) is 5.96 Å². The third-order valence-electron chi connectivity index (χ3n) is 3.87. The van der Waals surface area contributed by atoms with Crippen LogP contribution in [-0.4, -0.2) is 37.9 Å².